The average Bonchev–Trinajstić information content (AvgIpc) is 2.55. The van der Waals surface area contributed by atoms with Gasteiger partial charge in [0.05, 0.1) is 25.3 Å². The Morgan fingerprint density at radius 3 is 1.52 bits per heavy atom. The lowest BCUT2D eigenvalue weighted by Crippen LogP contribution is -2.02. The Morgan fingerprint density at radius 1 is 0.826 bits per heavy atom. The Balaban J connectivity index is 2.39. The molecule has 0 spiro atoms. The van der Waals surface area contributed by atoms with E-state index in [9.17, 15) is 9.59 Å². The third-order valence-electron chi connectivity index (χ3n) is 3.45. The lowest BCUT2D eigenvalue weighted by molar-refractivity contribution is 0.0685. The quantitative estimate of drug-likeness (QED) is 0.851. The summed E-state index contributed by atoms with van der Waals surface area (Å²) < 4.78 is 10.5. The van der Waals surface area contributed by atoms with E-state index in [0.29, 0.717) is 17.9 Å². The summed E-state index contributed by atoms with van der Waals surface area (Å²) in [5.41, 5.74) is 1.83. The zero-order chi connectivity index (χ0) is 17.0. The van der Waals surface area contributed by atoms with Crippen LogP contribution in [0.25, 0.3) is 0 Å². The maximum Gasteiger partial charge on any atom is 0.335 e. The molecule has 0 fully saturated rings. The highest BCUT2D eigenvalue weighted by molar-refractivity contribution is 5.89. The molecule has 2 aromatic rings. The van der Waals surface area contributed by atoms with Gasteiger partial charge in [0.25, 0.3) is 0 Å². The number of rotatable bonds is 6. The van der Waals surface area contributed by atoms with Crippen LogP contribution in [0.2, 0.25) is 0 Å². The zero-order valence-electron chi connectivity index (χ0n) is 12.7. The highest BCUT2D eigenvalue weighted by atomic mass is 16.5. The van der Waals surface area contributed by atoms with Crippen molar-refractivity contribution >= 4 is 11.9 Å². The van der Waals surface area contributed by atoms with Crippen LogP contribution < -0.4 is 9.47 Å². The van der Waals surface area contributed by atoms with Gasteiger partial charge in [0.2, 0.25) is 0 Å². The van der Waals surface area contributed by atoms with Gasteiger partial charge in [0, 0.05) is 6.42 Å². The number of carboxylic acids is 2. The van der Waals surface area contributed by atoms with Crippen LogP contribution in [0.1, 0.15) is 31.8 Å². The first-order valence-electron chi connectivity index (χ1n) is 6.76. The monoisotopic (exact) mass is 316 g/mol. The van der Waals surface area contributed by atoms with Gasteiger partial charge in [0.1, 0.15) is 11.5 Å². The second-order valence-corrected chi connectivity index (χ2v) is 4.84. The van der Waals surface area contributed by atoms with E-state index >= 15 is 0 Å². The van der Waals surface area contributed by atoms with Crippen molar-refractivity contribution in [1.29, 1.82) is 0 Å². The van der Waals surface area contributed by atoms with Crippen LogP contribution >= 0.6 is 0 Å². The summed E-state index contributed by atoms with van der Waals surface area (Å²) in [6.45, 7) is 0. The molecule has 0 bridgehead atoms. The maximum absolute atomic E-state index is 11.0. The Kier molecular flexibility index (Phi) is 4.85. The number of aromatic carboxylic acids is 2. The van der Waals surface area contributed by atoms with Crippen molar-refractivity contribution in [3.8, 4) is 11.5 Å². The summed E-state index contributed by atoms with van der Waals surface area (Å²) in [6.07, 6.45) is 0.423. The maximum atomic E-state index is 11.0. The number of carboxylic acid groups (broad SMARTS) is 2. The minimum atomic E-state index is -1.03. The standard InChI is InChI=1S/C17H16O6/c1-22-14-8-12(16(18)19)5-3-10(14)7-11-4-6-13(17(20)21)9-15(11)23-2/h3-6,8-9H,7H2,1-2H3,(H,18,19)(H,20,21). The van der Waals surface area contributed by atoms with Gasteiger partial charge in [0.15, 0.2) is 0 Å². The third kappa shape index (κ3) is 3.60. The summed E-state index contributed by atoms with van der Waals surface area (Å²) in [6, 6.07) is 9.25. The predicted molar refractivity (Wildman–Crippen MR) is 82.7 cm³/mol. The summed E-state index contributed by atoms with van der Waals surface area (Å²) in [5.74, 6) is -1.15. The fourth-order valence-corrected chi connectivity index (χ4v) is 2.25. The van der Waals surface area contributed by atoms with E-state index < -0.39 is 11.9 Å². The molecule has 0 atom stereocenters. The van der Waals surface area contributed by atoms with E-state index in [1.165, 1.54) is 38.5 Å². The number of hydrogen-bond donors (Lipinski definition) is 2. The predicted octanol–water partition coefficient (Wildman–Crippen LogP) is 2.69. The van der Waals surface area contributed by atoms with Gasteiger partial charge in [-0.2, -0.15) is 0 Å². The molecule has 0 radical (unpaired) electrons. The van der Waals surface area contributed by atoms with Crippen molar-refractivity contribution in [2.75, 3.05) is 14.2 Å². The number of ether oxygens (including phenoxy) is 2. The fraction of sp³-hybridized carbons (Fsp3) is 0.176. The van der Waals surface area contributed by atoms with Gasteiger partial charge in [-0.15, -0.1) is 0 Å². The minimum absolute atomic E-state index is 0.138. The molecule has 0 aliphatic heterocycles. The smallest absolute Gasteiger partial charge is 0.335 e. The molecule has 6 nitrogen and oxygen atoms in total. The van der Waals surface area contributed by atoms with Gasteiger partial charge in [-0.05, 0) is 35.4 Å². The molecular weight excluding hydrogens is 300 g/mol. The van der Waals surface area contributed by atoms with Gasteiger partial charge < -0.3 is 19.7 Å². The van der Waals surface area contributed by atoms with Crippen LogP contribution in [0.3, 0.4) is 0 Å². The van der Waals surface area contributed by atoms with E-state index in [0.717, 1.165) is 11.1 Å². The number of hydrogen-bond acceptors (Lipinski definition) is 4. The first-order chi connectivity index (χ1) is 11.0. The van der Waals surface area contributed by atoms with Crippen LogP contribution in [0.15, 0.2) is 36.4 Å². The molecule has 0 heterocycles. The average molecular weight is 316 g/mol. The van der Waals surface area contributed by atoms with Crippen LogP contribution in [-0.4, -0.2) is 36.4 Å². The molecule has 0 aliphatic rings. The van der Waals surface area contributed by atoms with Gasteiger partial charge in [-0.3, -0.25) is 0 Å². The van der Waals surface area contributed by atoms with Crippen molar-refractivity contribution in [3.63, 3.8) is 0 Å². The molecule has 0 aliphatic carbocycles. The first kappa shape index (κ1) is 16.4. The minimum Gasteiger partial charge on any atom is -0.496 e. The molecular formula is C17H16O6. The van der Waals surface area contributed by atoms with Crippen LogP contribution in [0.4, 0.5) is 0 Å². The van der Waals surface area contributed by atoms with Crippen molar-refractivity contribution in [2.45, 2.75) is 6.42 Å². The molecule has 0 amide bonds. The topological polar surface area (TPSA) is 93.1 Å². The van der Waals surface area contributed by atoms with E-state index in [2.05, 4.69) is 0 Å². The molecule has 0 saturated carbocycles. The molecule has 6 heteroatoms. The molecule has 2 aromatic carbocycles. The lowest BCUT2D eigenvalue weighted by atomic mass is 10.00. The van der Waals surface area contributed by atoms with Crippen LogP contribution in [-0.2, 0) is 6.42 Å². The van der Waals surface area contributed by atoms with Gasteiger partial charge in [-0.1, -0.05) is 12.1 Å². The highest BCUT2D eigenvalue weighted by Gasteiger charge is 2.13. The Labute approximate surface area is 132 Å². The van der Waals surface area contributed by atoms with Crippen LogP contribution in [0.5, 0.6) is 11.5 Å². The Hall–Kier alpha value is -3.02. The molecule has 0 unspecified atom stereocenters. The number of carbonyl (C=O) groups is 2. The van der Waals surface area contributed by atoms with Gasteiger partial charge in [-0.25, -0.2) is 9.59 Å². The first-order valence-corrected chi connectivity index (χ1v) is 6.76. The highest BCUT2D eigenvalue weighted by Crippen LogP contribution is 2.28. The van der Waals surface area contributed by atoms with E-state index in [1.54, 1.807) is 12.1 Å². The van der Waals surface area contributed by atoms with Crippen LogP contribution in [0, 0.1) is 0 Å². The van der Waals surface area contributed by atoms with Crippen molar-refractivity contribution < 1.29 is 29.3 Å². The normalized spacial score (nSPS) is 10.2. The van der Waals surface area contributed by atoms with Crippen molar-refractivity contribution in [3.05, 3.63) is 58.7 Å². The zero-order valence-corrected chi connectivity index (χ0v) is 12.7. The second kappa shape index (κ2) is 6.83. The molecule has 2 rings (SSSR count). The summed E-state index contributed by atoms with van der Waals surface area (Å²) in [5, 5.41) is 18.0. The Bertz CT molecular complexity index is 687. The second-order valence-electron chi connectivity index (χ2n) is 4.84. The molecule has 0 aromatic heterocycles. The molecule has 0 saturated heterocycles. The van der Waals surface area contributed by atoms with Crippen molar-refractivity contribution in [1.82, 2.24) is 0 Å². The van der Waals surface area contributed by atoms with E-state index in [-0.39, 0.29) is 11.1 Å². The number of benzene rings is 2. The third-order valence-corrected chi connectivity index (χ3v) is 3.45. The summed E-state index contributed by atoms with van der Waals surface area (Å²) in [7, 11) is 2.93. The van der Waals surface area contributed by atoms with Crippen molar-refractivity contribution in [2.24, 2.45) is 0 Å². The SMILES string of the molecule is COc1cc(C(=O)O)ccc1Cc1ccc(C(=O)O)cc1OC. The molecule has 23 heavy (non-hydrogen) atoms. The Morgan fingerprint density at radius 2 is 1.22 bits per heavy atom. The number of methoxy groups -OCH3 is 2. The summed E-state index contributed by atoms with van der Waals surface area (Å²) in [4.78, 5) is 22.0. The van der Waals surface area contributed by atoms with E-state index in [1.807, 2.05) is 0 Å². The van der Waals surface area contributed by atoms with E-state index in [4.69, 9.17) is 19.7 Å². The molecule has 120 valence electrons. The summed E-state index contributed by atoms with van der Waals surface area (Å²) >= 11 is 0. The van der Waals surface area contributed by atoms with Gasteiger partial charge >= 0.3 is 11.9 Å². The largest absolute Gasteiger partial charge is 0.496 e. The fourth-order valence-electron chi connectivity index (χ4n) is 2.25. The lowest BCUT2D eigenvalue weighted by Gasteiger charge is -2.13. The molecule has 2 N–H and O–H groups in total.